The molecule has 40 heavy (non-hydrogen) atoms. The van der Waals surface area contributed by atoms with Crippen LogP contribution in [-0.2, 0) is 19.1 Å². The van der Waals surface area contributed by atoms with Crippen molar-refractivity contribution in [3.05, 3.63) is 59.2 Å². The smallest absolute Gasteiger partial charge is 0.435 e. The highest BCUT2D eigenvalue weighted by molar-refractivity contribution is 6.04. The Morgan fingerprint density at radius 3 is 2.50 bits per heavy atom. The highest BCUT2D eigenvalue weighted by atomic mass is 16.5. The van der Waals surface area contributed by atoms with Crippen molar-refractivity contribution in [1.82, 2.24) is 0 Å². The van der Waals surface area contributed by atoms with Crippen LogP contribution < -0.4 is 16.0 Å². The SMILES string of the molecule is CCCCOC(=O)N=C(N)c1ccc(NCC#Cc2ccc(N(C(=O)CC(=O)OC)C3CCCC3)c(C)c2)cc1. The fourth-order valence-electron chi connectivity index (χ4n) is 4.53. The number of amides is 2. The second kappa shape index (κ2) is 15.3. The number of benzene rings is 2. The van der Waals surface area contributed by atoms with Crippen molar-refractivity contribution in [2.75, 3.05) is 30.5 Å². The number of esters is 1. The van der Waals surface area contributed by atoms with Crippen LogP contribution in [0.15, 0.2) is 47.5 Å². The first kappa shape index (κ1) is 30.2. The summed E-state index contributed by atoms with van der Waals surface area (Å²) in [6, 6.07) is 13.1. The second-order valence-electron chi connectivity index (χ2n) is 9.65. The summed E-state index contributed by atoms with van der Waals surface area (Å²) in [7, 11) is 1.29. The minimum atomic E-state index is -0.689. The molecule has 0 atom stereocenters. The van der Waals surface area contributed by atoms with Gasteiger partial charge in [0.25, 0.3) is 0 Å². The van der Waals surface area contributed by atoms with Gasteiger partial charge in [0.1, 0.15) is 12.3 Å². The molecular weight excluding hydrogens is 508 g/mol. The topological polar surface area (TPSA) is 123 Å². The van der Waals surface area contributed by atoms with Crippen molar-refractivity contribution in [3.8, 4) is 11.8 Å². The zero-order valence-corrected chi connectivity index (χ0v) is 23.5. The fourth-order valence-corrected chi connectivity index (χ4v) is 4.53. The van der Waals surface area contributed by atoms with E-state index in [0.717, 1.165) is 61.0 Å². The van der Waals surface area contributed by atoms with Crippen molar-refractivity contribution < 1.29 is 23.9 Å². The number of carbonyl (C=O) groups excluding carboxylic acids is 3. The van der Waals surface area contributed by atoms with E-state index in [1.165, 1.54) is 7.11 Å². The van der Waals surface area contributed by atoms with Crippen LogP contribution in [0.5, 0.6) is 0 Å². The molecule has 1 fully saturated rings. The van der Waals surface area contributed by atoms with Gasteiger partial charge in [-0.15, -0.1) is 0 Å². The number of hydrogen-bond donors (Lipinski definition) is 2. The number of hydrogen-bond acceptors (Lipinski definition) is 6. The molecule has 3 rings (SSSR count). The summed E-state index contributed by atoms with van der Waals surface area (Å²) < 4.78 is 9.72. The second-order valence-corrected chi connectivity index (χ2v) is 9.65. The molecule has 0 radical (unpaired) electrons. The summed E-state index contributed by atoms with van der Waals surface area (Å²) in [5.41, 5.74) is 9.95. The molecule has 0 saturated heterocycles. The third-order valence-electron chi connectivity index (χ3n) is 6.67. The average Bonchev–Trinajstić information content (AvgIpc) is 3.47. The van der Waals surface area contributed by atoms with Crippen LogP contribution in [0, 0.1) is 18.8 Å². The Kier molecular flexibility index (Phi) is 11.6. The number of methoxy groups -OCH3 is 1. The number of carbonyl (C=O) groups is 3. The Morgan fingerprint density at radius 2 is 1.85 bits per heavy atom. The van der Waals surface area contributed by atoms with Gasteiger partial charge in [-0.3, -0.25) is 9.59 Å². The van der Waals surface area contributed by atoms with E-state index in [-0.39, 0.29) is 24.2 Å². The number of anilines is 2. The van der Waals surface area contributed by atoms with Crippen LogP contribution >= 0.6 is 0 Å². The molecule has 0 spiro atoms. The van der Waals surface area contributed by atoms with Crippen LogP contribution in [0.1, 0.15) is 68.6 Å². The van der Waals surface area contributed by atoms with Gasteiger partial charge in [0, 0.05) is 28.5 Å². The number of nitrogens with one attached hydrogen (secondary N) is 1. The Morgan fingerprint density at radius 1 is 1.12 bits per heavy atom. The van der Waals surface area contributed by atoms with E-state index in [1.54, 1.807) is 17.0 Å². The molecule has 3 N–H and O–H groups in total. The molecule has 0 aliphatic heterocycles. The van der Waals surface area contributed by atoms with Gasteiger partial charge in [0.15, 0.2) is 0 Å². The maximum absolute atomic E-state index is 13.0. The van der Waals surface area contributed by atoms with Gasteiger partial charge in [-0.2, -0.15) is 4.99 Å². The summed E-state index contributed by atoms with van der Waals surface area (Å²) in [6.07, 6.45) is 4.74. The minimum absolute atomic E-state index is 0.0876. The Balaban J connectivity index is 1.60. The molecule has 1 saturated carbocycles. The van der Waals surface area contributed by atoms with Gasteiger partial charge in [0.2, 0.25) is 5.91 Å². The molecule has 9 nitrogen and oxygen atoms in total. The molecule has 1 aliphatic rings. The number of aliphatic imine (C=N–C) groups is 1. The number of ether oxygens (including phenoxy) is 2. The molecule has 0 heterocycles. The molecule has 1 aliphatic carbocycles. The third kappa shape index (κ3) is 8.87. The van der Waals surface area contributed by atoms with E-state index < -0.39 is 12.1 Å². The summed E-state index contributed by atoms with van der Waals surface area (Å²) in [6.45, 7) is 4.71. The molecule has 2 aromatic rings. The fraction of sp³-hybridized carbons (Fsp3) is 0.419. The Labute approximate surface area is 236 Å². The van der Waals surface area contributed by atoms with Crippen LogP contribution in [0.3, 0.4) is 0 Å². The highest BCUT2D eigenvalue weighted by Crippen LogP contribution is 2.31. The highest BCUT2D eigenvalue weighted by Gasteiger charge is 2.30. The first-order valence-electron chi connectivity index (χ1n) is 13.7. The largest absolute Gasteiger partial charge is 0.469 e. The van der Waals surface area contributed by atoms with Crippen molar-refractivity contribution in [2.45, 2.75) is 64.8 Å². The van der Waals surface area contributed by atoms with Crippen LogP contribution in [0.4, 0.5) is 16.2 Å². The molecule has 0 bridgehead atoms. The van der Waals surface area contributed by atoms with E-state index >= 15 is 0 Å². The summed E-state index contributed by atoms with van der Waals surface area (Å²) >= 11 is 0. The summed E-state index contributed by atoms with van der Waals surface area (Å²) in [4.78, 5) is 42.0. The lowest BCUT2D eigenvalue weighted by molar-refractivity contribution is -0.143. The van der Waals surface area contributed by atoms with Crippen molar-refractivity contribution in [1.29, 1.82) is 0 Å². The lowest BCUT2D eigenvalue weighted by atomic mass is 10.1. The van der Waals surface area contributed by atoms with Crippen molar-refractivity contribution in [3.63, 3.8) is 0 Å². The van der Waals surface area contributed by atoms with Crippen molar-refractivity contribution >= 4 is 35.2 Å². The van der Waals surface area contributed by atoms with E-state index in [2.05, 4.69) is 22.2 Å². The standard InChI is InChI=1S/C31H38N4O5/c1-4-5-19-40-31(38)34-30(32)24-13-15-25(16-14-24)33-18-8-9-23-12-17-27(22(2)20-23)35(26-10-6-7-11-26)28(36)21-29(37)39-3/h12-17,20,26,33H,4-7,10-11,18-19,21H2,1-3H3,(H2,32,34,38). The maximum atomic E-state index is 13.0. The first-order chi connectivity index (χ1) is 19.3. The number of nitrogens with two attached hydrogens (primary N) is 1. The number of aryl methyl sites for hydroxylation is 1. The monoisotopic (exact) mass is 546 g/mol. The van der Waals surface area contributed by atoms with E-state index in [9.17, 15) is 14.4 Å². The average molecular weight is 547 g/mol. The molecule has 9 heteroatoms. The van der Waals surface area contributed by atoms with E-state index in [1.807, 2.05) is 44.2 Å². The molecule has 212 valence electrons. The maximum Gasteiger partial charge on any atom is 0.435 e. The number of nitrogens with zero attached hydrogens (tertiary/aromatic N) is 2. The summed E-state index contributed by atoms with van der Waals surface area (Å²) in [5, 5.41) is 3.23. The third-order valence-corrected chi connectivity index (χ3v) is 6.67. The predicted octanol–water partition coefficient (Wildman–Crippen LogP) is 4.94. The molecule has 0 unspecified atom stereocenters. The van der Waals surface area contributed by atoms with Gasteiger partial charge < -0.3 is 25.4 Å². The van der Waals surface area contributed by atoms with Crippen LogP contribution in [0.25, 0.3) is 0 Å². The lowest BCUT2D eigenvalue weighted by Gasteiger charge is -2.30. The molecule has 2 amide bonds. The van der Waals surface area contributed by atoms with Gasteiger partial charge in [-0.1, -0.05) is 38.0 Å². The minimum Gasteiger partial charge on any atom is -0.469 e. The van der Waals surface area contributed by atoms with Gasteiger partial charge >= 0.3 is 12.1 Å². The Hall–Kier alpha value is -4.32. The molecule has 2 aromatic carbocycles. The zero-order chi connectivity index (χ0) is 28.9. The Bertz CT molecular complexity index is 1270. The quantitative estimate of drug-likeness (QED) is 0.108. The number of unbranched alkanes of at least 4 members (excludes halogenated alkanes) is 1. The lowest BCUT2D eigenvalue weighted by Crippen LogP contribution is -2.40. The van der Waals surface area contributed by atoms with E-state index in [0.29, 0.717) is 18.7 Å². The van der Waals surface area contributed by atoms with Gasteiger partial charge in [-0.05, 0) is 74.2 Å². The van der Waals surface area contributed by atoms with E-state index in [4.69, 9.17) is 15.2 Å². The summed E-state index contributed by atoms with van der Waals surface area (Å²) in [5.74, 6) is 5.60. The first-order valence-corrected chi connectivity index (χ1v) is 13.7. The number of rotatable bonds is 10. The zero-order valence-electron chi connectivity index (χ0n) is 23.5. The molecular formula is C31H38N4O5. The normalized spacial score (nSPS) is 13.2. The molecule has 0 aromatic heterocycles. The van der Waals surface area contributed by atoms with Crippen molar-refractivity contribution in [2.24, 2.45) is 10.7 Å². The van der Waals surface area contributed by atoms with Crippen LogP contribution in [0.2, 0.25) is 0 Å². The van der Waals surface area contributed by atoms with Gasteiger partial charge in [0.05, 0.1) is 20.3 Å². The van der Waals surface area contributed by atoms with Crippen LogP contribution in [-0.4, -0.2) is 50.1 Å². The van der Waals surface area contributed by atoms with Gasteiger partial charge in [-0.25, -0.2) is 4.79 Å². The predicted molar refractivity (Wildman–Crippen MR) is 156 cm³/mol. The number of amidine groups is 1.